The second-order valence-corrected chi connectivity index (χ2v) is 20.6. The molecule has 0 radical (unpaired) electrons. The fourth-order valence-electron chi connectivity index (χ4n) is 10.5. The largest absolute Gasteiger partial charge is 0.457 e. The first-order valence-electron chi connectivity index (χ1n) is 23.7. The van der Waals surface area contributed by atoms with Gasteiger partial charge in [0.25, 0.3) is 0 Å². The number of nitrogens with zero attached hydrogens (tertiary/aromatic N) is 3. The van der Waals surface area contributed by atoms with Crippen molar-refractivity contribution in [2.75, 3.05) is 16.5 Å². The Morgan fingerprint density at radius 2 is 0.955 bits per heavy atom. The van der Waals surface area contributed by atoms with E-state index in [1.165, 1.54) is 67.2 Å². The van der Waals surface area contributed by atoms with Crippen LogP contribution < -0.4 is 14.5 Å². The van der Waals surface area contributed by atoms with Crippen molar-refractivity contribution in [3.63, 3.8) is 0 Å². The van der Waals surface area contributed by atoms with E-state index < -0.39 is 5.41 Å². The summed E-state index contributed by atoms with van der Waals surface area (Å²) in [5.74, 6) is 1.59. The zero-order valence-electron chi connectivity index (χ0n) is 40.4. The second kappa shape index (κ2) is 16.6. The maximum Gasteiger partial charge on any atom is 0.129 e. The minimum atomic E-state index is -0.617. The summed E-state index contributed by atoms with van der Waals surface area (Å²) in [6, 6.07) is 68.4. The number of allylic oxidation sites excluding steroid dienone is 2. The van der Waals surface area contributed by atoms with E-state index in [9.17, 15) is 0 Å². The molecule has 8 aromatic rings. The van der Waals surface area contributed by atoms with Crippen molar-refractivity contribution in [3.8, 4) is 22.6 Å². The molecule has 4 nitrogen and oxygen atoms in total. The summed E-state index contributed by atoms with van der Waals surface area (Å²) in [5, 5.41) is 0. The molecular weight excluding hydrogens is 815 g/mol. The predicted molar refractivity (Wildman–Crippen MR) is 279 cm³/mol. The number of hydrogen-bond acceptors (Lipinski definition) is 4. The normalized spacial score (nSPS) is 14.6. The van der Waals surface area contributed by atoms with Crippen LogP contribution in [-0.2, 0) is 21.7 Å². The number of fused-ring (bicyclic) bond motifs is 3. The molecule has 2 heterocycles. The number of hydrogen-bond donors (Lipinski definition) is 0. The summed E-state index contributed by atoms with van der Waals surface area (Å²) in [4.78, 5) is 10.0. The van der Waals surface area contributed by atoms with Crippen LogP contribution >= 0.6 is 0 Å². The first-order valence-corrected chi connectivity index (χ1v) is 23.7. The van der Waals surface area contributed by atoms with E-state index in [0.717, 1.165) is 28.4 Å². The van der Waals surface area contributed by atoms with Crippen molar-refractivity contribution in [2.45, 2.75) is 84.0 Å². The van der Waals surface area contributed by atoms with Gasteiger partial charge in [0.05, 0.1) is 17.8 Å². The summed E-state index contributed by atoms with van der Waals surface area (Å²) in [5.41, 5.74) is 17.0. The highest BCUT2D eigenvalue weighted by Gasteiger charge is 2.47. The van der Waals surface area contributed by atoms with Gasteiger partial charge in [-0.2, -0.15) is 0 Å². The number of ether oxygens (including phenoxy) is 1. The quantitative estimate of drug-likeness (QED) is 0.137. The zero-order chi connectivity index (χ0) is 46.7. The Kier molecular flexibility index (Phi) is 10.8. The van der Waals surface area contributed by atoms with Gasteiger partial charge in [-0.15, -0.1) is 0 Å². The van der Waals surface area contributed by atoms with Gasteiger partial charge >= 0.3 is 0 Å². The maximum atomic E-state index is 7.06. The van der Waals surface area contributed by atoms with Crippen LogP contribution in [0.1, 0.15) is 113 Å². The molecule has 0 atom stereocenters. The van der Waals surface area contributed by atoms with Gasteiger partial charge in [-0.05, 0) is 123 Å². The number of aromatic nitrogens is 1. The summed E-state index contributed by atoms with van der Waals surface area (Å²) < 4.78 is 7.06. The van der Waals surface area contributed by atoms with Crippen molar-refractivity contribution < 1.29 is 4.74 Å². The SMILES string of the molecule is CC1=C(C)N(c2cc(C(C)(C)c3ccccc3)cc(C(C)(C)c3ccccc3)c2)CN1c1cc(Oc2cccc(C3(c4ccccn4)c4ccccc4-c4ccccc43)c2)cc(C(C)(C)C)c1. The van der Waals surface area contributed by atoms with Crippen LogP contribution in [0.5, 0.6) is 11.5 Å². The van der Waals surface area contributed by atoms with Crippen LogP contribution in [-0.4, -0.2) is 11.7 Å². The topological polar surface area (TPSA) is 28.6 Å². The lowest BCUT2D eigenvalue weighted by atomic mass is 9.70. The van der Waals surface area contributed by atoms with Crippen molar-refractivity contribution in [1.82, 2.24) is 4.98 Å². The molecule has 0 saturated carbocycles. The molecule has 0 amide bonds. The first kappa shape index (κ1) is 43.7. The van der Waals surface area contributed by atoms with E-state index in [-0.39, 0.29) is 16.2 Å². The minimum absolute atomic E-state index is 0.127. The molecule has 0 saturated heterocycles. The Balaban J connectivity index is 1.04. The van der Waals surface area contributed by atoms with E-state index in [1.54, 1.807) is 0 Å². The number of benzene rings is 7. The standard InChI is InChI=1S/C63H61N3O/c1-43-44(2)66(42-65(43)51-37-49(61(6,7)45-23-12-10-13-24-45)35-50(38-51)62(8,9)46-25-14-11-15-26-46)52-36-48(60(3,4)5)40-54(41-52)67-53-28-22-27-47(39-53)63(59-33-20-21-34-64-59)57-31-18-16-29-55(57)56-30-17-19-32-58(56)63/h10-41H,42H2,1-9H3. The average molecular weight is 876 g/mol. The second-order valence-electron chi connectivity index (χ2n) is 20.6. The highest BCUT2D eigenvalue weighted by Crippen LogP contribution is 2.56. The molecule has 0 spiro atoms. The van der Waals surface area contributed by atoms with Crippen molar-refractivity contribution in [1.29, 1.82) is 0 Å². The summed E-state index contributed by atoms with van der Waals surface area (Å²) >= 11 is 0. The Hall–Kier alpha value is -7.17. The van der Waals surface area contributed by atoms with Crippen molar-refractivity contribution >= 4 is 11.4 Å². The minimum Gasteiger partial charge on any atom is -0.457 e. The Labute approximate surface area is 398 Å². The lowest BCUT2D eigenvalue weighted by Crippen LogP contribution is -2.29. The molecule has 1 aromatic heterocycles. The molecule has 1 aliphatic heterocycles. The molecule has 7 aromatic carbocycles. The fraction of sp³-hybridized carbons (Fsp3) is 0.222. The fourth-order valence-corrected chi connectivity index (χ4v) is 10.5. The van der Waals surface area contributed by atoms with Crippen LogP contribution in [0.15, 0.2) is 206 Å². The first-order chi connectivity index (χ1) is 32.2. The van der Waals surface area contributed by atoms with Gasteiger partial charge in [0.15, 0.2) is 0 Å². The predicted octanol–water partition coefficient (Wildman–Crippen LogP) is 15.7. The molecule has 0 fully saturated rings. The van der Waals surface area contributed by atoms with Gasteiger partial charge in [-0.1, -0.05) is 182 Å². The molecule has 334 valence electrons. The van der Waals surface area contributed by atoms with Gasteiger partial charge in [0, 0.05) is 45.9 Å². The van der Waals surface area contributed by atoms with Crippen LogP contribution in [0.4, 0.5) is 11.4 Å². The molecular formula is C63H61N3O. The third-order valence-corrected chi connectivity index (χ3v) is 14.9. The number of rotatable bonds is 10. The third-order valence-electron chi connectivity index (χ3n) is 14.9. The molecule has 0 bridgehead atoms. The molecule has 0 unspecified atom stereocenters. The molecule has 1 aliphatic carbocycles. The lowest BCUT2D eigenvalue weighted by molar-refractivity contribution is 0.477. The molecule has 4 heteroatoms. The summed E-state index contributed by atoms with van der Waals surface area (Å²) in [6.07, 6.45) is 1.91. The lowest BCUT2D eigenvalue weighted by Gasteiger charge is -2.33. The number of pyridine rings is 1. The monoisotopic (exact) mass is 875 g/mol. The molecule has 67 heavy (non-hydrogen) atoms. The van der Waals surface area contributed by atoms with E-state index in [4.69, 9.17) is 9.72 Å². The van der Waals surface area contributed by atoms with Gasteiger partial charge in [-0.25, -0.2) is 0 Å². The summed E-state index contributed by atoms with van der Waals surface area (Å²) in [6.45, 7) is 21.4. The van der Waals surface area contributed by atoms with E-state index in [1.807, 2.05) is 12.3 Å². The molecule has 0 N–H and O–H groups in total. The summed E-state index contributed by atoms with van der Waals surface area (Å²) in [7, 11) is 0. The van der Waals surface area contributed by atoms with Crippen LogP contribution in [0.2, 0.25) is 0 Å². The highest BCUT2D eigenvalue weighted by molar-refractivity contribution is 5.86. The third kappa shape index (κ3) is 7.53. The van der Waals surface area contributed by atoms with Crippen molar-refractivity contribution in [2.24, 2.45) is 0 Å². The molecule has 2 aliphatic rings. The van der Waals surface area contributed by atoms with Gasteiger partial charge < -0.3 is 14.5 Å². The van der Waals surface area contributed by atoms with E-state index in [0.29, 0.717) is 6.67 Å². The van der Waals surface area contributed by atoms with E-state index >= 15 is 0 Å². The Morgan fingerprint density at radius 1 is 0.448 bits per heavy atom. The van der Waals surface area contributed by atoms with E-state index in [2.05, 4.69) is 254 Å². The smallest absolute Gasteiger partial charge is 0.129 e. The Morgan fingerprint density at radius 3 is 1.49 bits per heavy atom. The van der Waals surface area contributed by atoms with Gasteiger partial charge in [0.2, 0.25) is 0 Å². The van der Waals surface area contributed by atoms with Crippen molar-refractivity contribution in [3.05, 3.63) is 256 Å². The van der Waals surface area contributed by atoms with Crippen LogP contribution in [0.25, 0.3) is 11.1 Å². The van der Waals surface area contributed by atoms with Gasteiger partial charge in [0.1, 0.15) is 11.5 Å². The number of anilines is 2. The maximum absolute atomic E-state index is 7.06. The van der Waals surface area contributed by atoms with Gasteiger partial charge in [-0.3, -0.25) is 4.98 Å². The molecule has 10 rings (SSSR count). The van der Waals surface area contributed by atoms with Crippen LogP contribution in [0, 0.1) is 0 Å². The van der Waals surface area contributed by atoms with Crippen LogP contribution in [0.3, 0.4) is 0 Å². The Bertz CT molecular complexity index is 3030. The average Bonchev–Trinajstić information content (AvgIpc) is 3.82. The zero-order valence-corrected chi connectivity index (χ0v) is 40.4. The highest BCUT2D eigenvalue weighted by atomic mass is 16.5.